The van der Waals surface area contributed by atoms with E-state index in [1.165, 1.54) is 0 Å². The standard InChI is InChI=1S/C56H54O8/c1-41(57)52-49(32-48(59-35-43-22-10-3-11-23-43)33-50(52)60-36-44-24-12-4-13-25-44)53-55(62-38-46-28-16-6-17-29-46)56(63-39-47-30-18-7-19-31-47)54(61-37-45-26-14-5-15-27-45)51(64-53)40-58-34-42-20-8-2-9-21-42/h2-33,51,53-56H,34-40H2,1H3/t51-,53+,54-,55+,56-/m1/s1. The van der Waals surface area contributed by atoms with Crippen molar-refractivity contribution in [1.82, 2.24) is 0 Å². The van der Waals surface area contributed by atoms with Gasteiger partial charge in [-0.15, -0.1) is 0 Å². The topological polar surface area (TPSA) is 81.7 Å². The number of ether oxygens (including phenoxy) is 7. The van der Waals surface area contributed by atoms with Gasteiger partial charge in [-0.1, -0.05) is 182 Å². The molecule has 0 aliphatic carbocycles. The Kier molecular flexibility index (Phi) is 15.8. The molecule has 0 bridgehead atoms. The van der Waals surface area contributed by atoms with E-state index in [1.54, 1.807) is 13.0 Å². The molecule has 8 nitrogen and oxygen atoms in total. The molecule has 7 aromatic carbocycles. The number of hydrogen-bond donors (Lipinski definition) is 0. The average Bonchev–Trinajstić information content (AvgIpc) is 3.35. The summed E-state index contributed by atoms with van der Waals surface area (Å²) in [4.78, 5) is 14.1. The molecule has 0 aromatic heterocycles. The maximum atomic E-state index is 14.1. The molecule has 1 aliphatic heterocycles. The van der Waals surface area contributed by atoms with Crippen LogP contribution in [0.25, 0.3) is 0 Å². The molecule has 1 aliphatic rings. The monoisotopic (exact) mass is 854 g/mol. The van der Waals surface area contributed by atoms with Gasteiger partial charge in [0.2, 0.25) is 0 Å². The summed E-state index contributed by atoms with van der Waals surface area (Å²) in [6.45, 7) is 3.42. The van der Waals surface area contributed by atoms with Gasteiger partial charge in [-0.25, -0.2) is 0 Å². The van der Waals surface area contributed by atoms with Gasteiger partial charge in [-0.3, -0.25) is 4.79 Å². The van der Waals surface area contributed by atoms with E-state index in [2.05, 4.69) is 0 Å². The summed E-state index contributed by atoms with van der Waals surface area (Å²) < 4.78 is 47.9. The van der Waals surface area contributed by atoms with E-state index in [1.807, 2.05) is 188 Å². The average molecular weight is 855 g/mol. The zero-order chi connectivity index (χ0) is 43.8. The van der Waals surface area contributed by atoms with Gasteiger partial charge in [0, 0.05) is 11.6 Å². The number of benzene rings is 7. The van der Waals surface area contributed by atoms with Crippen LogP contribution in [0.1, 0.15) is 62.3 Å². The molecule has 0 amide bonds. The van der Waals surface area contributed by atoms with Crippen molar-refractivity contribution in [3.63, 3.8) is 0 Å². The van der Waals surface area contributed by atoms with Gasteiger partial charge in [0.25, 0.3) is 0 Å². The van der Waals surface area contributed by atoms with E-state index < -0.39 is 30.5 Å². The number of rotatable bonds is 21. The highest BCUT2D eigenvalue weighted by Crippen LogP contribution is 2.43. The van der Waals surface area contributed by atoms with E-state index in [0.29, 0.717) is 42.4 Å². The Morgan fingerprint density at radius 3 is 1.30 bits per heavy atom. The van der Waals surface area contributed by atoms with Gasteiger partial charge in [-0.2, -0.15) is 0 Å². The van der Waals surface area contributed by atoms with Crippen molar-refractivity contribution in [3.05, 3.63) is 239 Å². The number of carbonyl (C=O) groups excluding carboxylic acids is 1. The van der Waals surface area contributed by atoms with Gasteiger partial charge in [0.05, 0.1) is 38.6 Å². The molecule has 326 valence electrons. The molecule has 1 fully saturated rings. The highest BCUT2D eigenvalue weighted by Gasteiger charge is 2.50. The zero-order valence-corrected chi connectivity index (χ0v) is 36.1. The summed E-state index contributed by atoms with van der Waals surface area (Å²) in [7, 11) is 0. The fraction of sp³-hybridized carbons (Fsp3) is 0.232. The molecule has 0 N–H and O–H groups in total. The summed E-state index contributed by atoms with van der Waals surface area (Å²) >= 11 is 0. The molecule has 0 spiro atoms. The SMILES string of the molecule is CC(=O)c1c(OCc2ccccc2)cc(OCc2ccccc2)cc1[C@@H]1O[C@H](COCc2ccccc2)[C@@H](OCc2ccccc2)[C@@H](OCc2ccccc2)[C@H]1OCc1ccccc1. The van der Waals surface area contributed by atoms with E-state index in [-0.39, 0.29) is 32.2 Å². The van der Waals surface area contributed by atoms with Crippen molar-refractivity contribution in [3.8, 4) is 11.5 Å². The molecule has 0 radical (unpaired) electrons. The molecule has 8 rings (SSSR count). The van der Waals surface area contributed by atoms with E-state index in [9.17, 15) is 4.79 Å². The Hall–Kier alpha value is -6.39. The lowest BCUT2D eigenvalue weighted by molar-refractivity contribution is -0.275. The second-order valence-electron chi connectivity index (χ2n) is 15.9. The maximum absolute atomic E-state index is 14.1. The lowest BCUT2D eigenvalue weighted by Crippen LogP contribution is -2.58. The minimum Gasteiger partial charge on any atom is -0.489 e. The lowest BCUT2D eigenvalue weighted by Gasteiger charge is -2.47. The van der Waals surface area contributed by atoms with Crippen LogP contribution in [0, 0.1) is 0 Å². The molecule has 0 saturated carbocycles. The van der Waals surface area contributed by atoms with Crippen LogP contribution in [-0.4, -0.2) is 36.8 Å². The van der Waals surface area contributed by atoms with E-state index >= 15 is 0 Å². The molecule has 5 atom stereocenters. The largest absolute Gasteiger partial charge is 0.489 e. The van der Waals surface area contributed by atoms with Crippen molar-refractivity contribution in [2.24, 2.45) is 0 Å². The summed E-state index contributed by atoms with van der Waals surface area (Å²) in [5.41, 5.74) is 6.86. The van der Waals surface area contributed by atoms with Crippen molar-refractivity contribution >= 4 is 5.78 Å². The van der Waals surface area contributed by atoms with Crippen molar-refractivity contribution in [2.75, 3.05) is 6.61 Å². The Balaban J connectivity index is 1.24. The van der Waals surface area contributed by atoms with Crippen LogP contribution in [0.3, 0.4) is 0 Å². The first kappa shape index (κ1) is 44.2. The summed E-state index contributed by atoms with van der Waals surface area (Å²) in [6, 6.07) is 63.7. The zero-order valence-electron chi connectivity index (χ0n) is 36.1. The van der Waals surface area contributed by atoms with Gasteiger partial charge in [-0.05, 0) is 46.4 Å². The highest BCUT2D eigenvalue weighted by atomic mass is 16.6. The Labute approximate surface area is 376 Å². The first-order valence-corrected chi connectivity index (χ1v) is 21.8. The van der Waals surface area contributed by atoms with Crippen LogP contribution >= 0.6 is 0 Å². The fourth-order valence-electron chi connectivity index (χ4n) is 7.92. The van der Waals surface area contributed by atoms with Crippen molar-refractivity contribution < 1.29 is 38.0 Å². The molecule has 1 heterocycles. The summed E-state index contributed by atoms with van der Waals surface area (Å²) in [6.07, 6.45) is -3.70. The minimum absolute atomic E-state index is 0.165. The maximum Gasteiger partial charge on any atom is 0.163 e. The molecular weight excluding hydrogens is 801 g/mol. The number of ketones is 1. The first-order chi connectivity index (χ1) is 31.6. The van der Waals surface area contributed by atoms with Crippen molar-refractivity contribution in [1.29, 1.82) is 0 Å². The number of hydrogen-bond acceptors (Lipinski definition) is 8. The van der Waals surface area contributed by atoms with Crippen LogP contribution in [0.4, 0.5) is 0 Å². The van der Waals surface area contributed by atoms with Crippen LogP contribution in [0.2, 0.25) is 0 Å². The second kappa shape index (κ2) is 22.8. The molecular formula is C56H54O8. The third-order valence-corrected chi connectivity index (χ3v) is 11.1. The molecule has 8 heteroatoms. The first-order valence-electron chi connectivity index (χ1n) is 21.8. The van der Waals surface area contributed by atoms with E-state index in [0.717, 1.165) is 33.4 Å². The lowest BCUT2D eigenvalue weighted by atomic mass is 9.87. The normalized spacial score (nSPS) is 18.3. The van der Waals surface area contributed by atoms with Crippen molar-refractivity contribution in [2.45, 2.75) is 77.1 Å². The van der Waals surface area contributed by atoms with Crippen LogP contribution < -0.4 is 9.47 Å². The van der Waals surface area contributed by atoms with Gasteiger partial charge < -0.3 is 33.2 Å². The van der Waals surface area contributed by atoms with Crippen LogP contribution in [0.15, 0.2) is 194 Å². The smallest absolute Gasteiger partial charge is 0.163 e. The second-order valence-corrected chi connectivity index (χ2v) is 15.9. The van der Waals surface area contributed by atoms with Crippen LogP contribution in [-0.2, 0) is 63.3 Å². The quantitative estimate of drug-likeness (QED) is 0.0661. The molecule has 7 aromatic rings. The highest BCUT2D eigenvalue weighted by molar-refractivity contribution is 5.99. The predicted octanol–water partition coefficient (Wildman–Crippen LogP) is 11.5. The fourth-order valence-corrected chi connectivity index (χ4v) is 7.92. The Morgan fingerprint density at radius 2 is 0.844 bits per heavy atom. The molecule has 1 saturated heterocycles. The molecule has 0 unspecified atom stereocenters. The van der Waals surface area contributed by atoms with Gasteiger partial charge in [0.1, 0.15) is 55.2 Å². The third kappa shape index (κ3) is 12.2. The summed E-state index contributed by atoms with van der Waals surface area (Å²) in [5, 5.41) is 0. The van der Waals surface area contributed by atoms with E-state index in [4.69, 9.17) is 33.2 Å². The molecule has 64 heavy (non-hydrogen) atoms. The Morgan fingerprint density at radius 1 is 0.453 bits per heavy atom. The van der Waals surface area contributed by atoms with Crippen LogP contribution in [0.5, 0.6) is 11.5 Å². The predicted molar refractivity (Wildman–Crippen MR) is 247 cm³/mol. The number of Topliss-reactive ketones (excluding diaryl/α,β-unsaturated/α-hetero) is 1. The Bertz CT molecular complexity index is 2450. The summed E-state index contributed by atoms with van der Waals surface area (Å²) in [5.74, 6) is 0.695. The minimum atomic E-state index is -0.871. The van der Waals surface area contributed by atoms with Gasteiger partial charge in [0.15, 0.2) is 5.78 Å². The van der Waals surface area contributed by atoms with Gasteiger partial charge >= 0.3 is 0 Å². The number of carbonyl (C=O) groups is 1. The third-order valence-electron chi connectivity index (χ3n) is 11.1.